The number of hydrogen-bond acceptors (Lipinski definition) is 4. The van der Waals surface area contributed by atoms with Crippen LogP contribution in [0.1, 0.15) is 12.5 Å². The van der Waals surface area contributed by atoms with Crippen LogP contribution in [-0.4, -0.2) is 20.8 Å². The molecular weight excluding hydrogens is 346 g/mol. The first-order chi connectivity index (χ1) is 10.7. The third-order valence-electron chi connectivity index (χ3n) is 3.21. The van der Waals surface area contributed by atoms with Crippen molar-refractivity contribution < 1.29 is 14.2 Å². The molecule has 0 saturated heterocycles. The Labute approximate surface area is 139 Å². The van der Waals surface area contributed by atoms with Crippen molar-refractivity contribution in [2.75, 3.05) is 26.1 Å². The molecule has 1 N–H and O–H groups in total. The SMILES string of the molecule is CCOc1cc(CNc2ccc(OC)cc2)c(Br)cc1OC. The van der Waals surface area contributed by atoms with Gasteiger partial charge in [0, 0.05) is 16.7 Å². The van der Waals surface area contributed by atoms with Gasteiger partial charge >= 0.3 is 0 Å². The van der Waals surface area contributed by atoms with Gasteiger partial charge < -0.3 is 19.5 Å². The maximum Gasteiger partial charge on any atom is 0.161 e. The number of nitrogens with one attached hydrogen (secondary N) is 1. The van der Waals surface area contributed by atoms with Gasteiger partial charge in [-0.25, -0.2) is 0 Å². The normalized spacial score (nSPS) is 10.2. The Morgan fingerprint density at radius 2 is 1.73 bits per heavy atom. The van der Waals surface area contributed by atoms with Crippen LogP contribution in [0.15, 0.2) is 40.9 Å². The molecule has 0 atom stereocenters. The van der Waals surface area contributed by atoms with Crippen LogP contribution >= 0.6 is 15.9 Å². The highest BCUT2D eigenvalue weighted by molar-refractivity contribution is 9.10. The standard InChI is InChI=1S/C17H20BrNO3/c1-4-22-17-9-12(15(18)10-16(17)21-3)11-19-13-5-7-14(20-2)8-6-13/h5-10,19H,4,11H2,1-3H3. The molecule has 0 aliphatic carbocycles. The van der Waals surface area contributed by atoms with Gasteiger partial charge in [-0.1, -0.05) is 15.9 Å². The first-order valence-electron chi connectivity index (χ1n) is 7.05. The van der Waals surface area contributed by atoms with Crippen LogP contribution in [0.5, 0.6) is 17.2 Å². The zero-order valence-corrected chi connectivity index (χ0v) is 14.6. The predicted molar refractivity (Wildman–Crippen MR) is 92.2 cm³/mol. The first kappa shape index (κ1) is 16.5. The average molecular weight is 366 g/mol. The van der Waals surface area contributed by atoms with Crippen LogP contribution in [-0.2, 0) is 6.54 Å². The van der Waals surface area contributed by atoms with Crippen LogP contribution in [0.4, 0.5) is 5.69 Å². The molecule has 0 spiro atoms. The molecule has 0 heterocycles. The zero-order valence-electron chi connectivity index (χ0n) is 13.0. The van der Waals surface area contributed by atoms with Crippen molar-refractivity contribution in [1.82, 2.24) is 0 Å². The molecule has 0 aliphatic heterocycles. The second-order valence-corrected chi connectivity index (χ2v) is 5.46. The van der Waals surface area contributed by atoms with Gasteiger partial charge in [-0.15, -0.1) is 0 Å². The number of hydrogen-bond donors (Lipinski definition) is 1. The van der Waals surface area contributed by atoms with Crippen LogP contribution in [0.3, 0.4) is 0 Å². The summed E-state index contributed by atoms with van der Waals surface area (Å²) in [6.07, 6.45) is 0. The van der Waals surface area contributed by atoms with Gasteiger partial charge in [0.25, 0.3) is 0 Å². The van der Waals surface area contributed by atoms with Gasteiger partial charge in [-0.2, -0.15) is 0 Å². The predicted octanol–water partition coefficient (Wildman–Crippen LogP) is 4.48. The number of benzene rings is 2. The Morgan fingerprint density at radius 3 is 2.32 bits per heavy atom. The fourth-order valence-corrected chi connectivity index (χ4v) is 2.51. The molecule has 0 amide bonds. The van der Waals surface area contributed by atoms with E-state index in [1.54, 1.807) is 14.2 Å². The van der Waals surface area contributed by atoms with Crippen molar-refractivity contribution >= 4 is 21.6 Å². The minimum atomic E-state index is 0.601. The summed E-state index contributed by atoms with van der Waals surface area (Å²) in [5.41, 5.74) is 2.13. The second-order valence-electron chi connectivity index (χ2n) is 4.61. The van der Waals surface area contributed by atoms with Gasteiger partial charge in [0.05, 0.1) is 20.8 Å². The van der Waals surface area contributed by atoms with Crippen molar-refractivity contribution in [3.05, 3.63) is 46.4 Å². The van der Waals surface area contributed by atoms with E-state index in [9.17, 15) is 0 Å². The van der Waals surface area contributed by atoms with Crippen molar-refractivity contribution in [3.8, 4) is 17.2 Å². The summed E-state index contributed by atoms with van der Waals surface area (Å²) in [6.45, 7) is 3.23. The molecule has 2 aromatic rings. The summed E-state index contributed by atoms with van der Waals surface area (Å²) in [4.78, 5) is 0. The Morgan fingerprint density at radius 1 is 1.00 bits per heavy atom. The highest BCUT2D eigenvalue weighted by Crippen LogP contribution is 2.34. The minimum absolute atomic E-state index is 0.601. The highest BCUT2D eigenvalue weighted by atomic mass is 79.9. The lowest BCUT2D eigenvalue weighted by Crippen LogP contribution is -2.02. The van der Waals surface area contributed by atoms with Gasteiger partial charge in [-0.3, -0.25) is 0 Å². The quantitative estimate of drug-likeness (QED) is 0.785. The molecule has 118 valence electrons. The molecular formula is C17H20BrNO3. The van der Waals surface area contributed by atoms with Gasteiger partial charge in [0.15, 0.2) is 11.5 Å². The van der Waals surface area contributed by atoms with E-state index in [-0.39, 0.29) is 0 Å². The molecule has 5 heteroatoms. The molecule has 0 bridgehead atoms. The van der Waals surface area contributed by atoms with Crippen LogP contribution in [0.25, 0.3) is 0 Å². The van der Waals surface area contributed by atoms with Crippen molar-refractivity contribution in [3.63, 3.8) is 0 Å². The Bertz CT molecular complexity index is 614. The monoisotopic (exact) mass is 365 g/mol. The molecule has 2 aromatic carbocycles. The van der Waals surface area contributed by atoms with E-state index in [2.05, 4.69) is 21.2 Å². The lowest BCUT2D eigenvalue weighted by atomic mass is 10.2. The number of halogens is 1. The molecule has 4 nitrogen and oxygen atoms in total. The summed E-state index contributed by atoms with van der Waals surface area (Å²) in [7, 11) is 3.30. The molecule has 0 aliphatic rings. The summed E-state index contributed by atoms with van der Waals surface area (Å²) in [6, 6.07) is 11.7. The Kier molecular flexibility index (Phi) is 5.95. The Hall–Kier alpha value is -1.88. The number of ether oxygens (including phenoxy) is 3. The fraction of sp³-hybridized carbons (Fsp3) is 0.294. The van der Waals surface area contributed by atoms with Gasteiger partial charge in [0.2, 0.25) is 0 Å². The maximum atomic E-state index is 5.62. The summed E-state index contributed by atoms with van der Waals surface area (Å²) >= 11 is 3.57. The van der Waals surface area contributed by atoms with Crippen molar-refractivity contribution in [2.24, 2.45) is 0 Å². The van der Waals surface area contributed by atoms with E-state index in [1.807, 2.05) is 43.3 Å². The zero-order chi connectivity index (χ0) is 15.9. The maximum absolute atomic E-state index is 5.62. The number of rotatable bonds is 7. The smallest absolute Gasteiger partial charge is 0.161 e. The minimum Gasteiger partial charge on any atom is -0.497 e. The van der Waals surface area contributed by atoms with Crippen LogP contribution in [0.2, 0.25) is 0 Å². The van der Waals surface area contributed by atoms with E-state index in [4.69, 9.17) is 14.2 Å². The van der Waals surface area contributed by atoms with Crippen LogP contribution in [0, 0.1) is 0 Å². The van der Waals surface area contributed by atoms with Crippen LogP contribution < -0.4 is 19.5 Å². The largest absolute Gasteiger partial charge is 0.497 e. The summed E-state index contributed by atoms with van der Waals surface area (Å²) in [5.74, 6) is 2.32. The molecule has 0 saturated carbocycles. The van der Waals surface area contributed by atoms with E-state index >= 15 is 0 Å². The third-order valence-corrected chi connectivity index (χ3v) is 3.94. The van der Waals surface area contributed by atoms with E-state index in [0.29, 0.717) is 13.2 Å². The first-order valence-corrected chi connectivity index (χ1v) is 7.84. The molecule has 0 aromatic heterocycles. The van der Waals surface area contributed by atoms with E-state index in [0.717, 1.165) is 33.0 Å². The molecule has 2 rings (SSSR count). The molecule has 0 fully saturated rings. The lowest BCUT2D eigenvalue weighted by Gasteiger charge is -2.14. The average Bonchev–Trinajstić information content (AvgIpc) is 2.55. The lowest BCUT2D eigenvalue weighted by molar-refractivity contribution is 0.310. The molecule has 0 radical (unpaired) electrons. The van der Waals surface area contributed by atoms with E-state index in [1.165, 1.54) is 0 Å². The Balaban J connectivity index is 2.12. The summed E-state index contributed by atoms with van der Waals surface area (Å²) in [5, 5.41) is 3.38. The number of anilines is 1. The van der Waals surface area contributed by atoms with Gasteiger partial charge in [0.1, 0.15) is 5.75 Å². The third kappa shape index (κ3) is 4.07. The molecule has 0 unspecified atom stereocenters. The molecule has 22 heavy (non-hydrogen) atoms. The number of methoxy groups -OCH3 is 2. The van der Waals surface area contributed by atoms with Crippen molar-refractivity contribution in [2.45, 2.75) is 13.5 Å². The fourth-order valence-electron chi connectivity index (χ4n) is 2.05. The van der Waals surface area contributed by atoms with Gasteiger partial charge in [-0.05, 0) is 48.9 Å². The summed E-state index contributed by atoms with van der Waals surface area (Å²) < 4.78 is 17.1. The van der Waals surface area contributed by atoms with E-state index < -0.39 is 0 Å². The highest BCUT2D eigenvalue weighted by Gasteiger charge is 2.10. The topological polar surface area (TPSA) is 39.7 Å². The van der Waals surface area contributed by atoms with Crippen molar-refractivity contribution in [1.29, 1.82) is 0 Å². The second kappa shape index (κ2) is 7.94.